The summed E-state index contributed by atoms with van der Waals surface area (Å²) in [6.07, 6.45) is 1.72. The van der Waals surface area contributed by atoms with Gasteiger partial charge in [0.05, 0.1) is 22.7 Å². The average molecular weight is 399 g/mol. The molecule has 1 aliphatic rings. The van der Waals surface area contributed by atoms with Crippen LogP contribution in [-0.2, 0) is 6.42 Å². The standard InChI is InChI=1S/C25H26N4O/c1-3-22-18(2)24(21-7-4-5-8-23(21)27-22)25(30)29-14-6-13-28(15-16-29)20-11-9-19(17-26)10-12-20/h4-5,7-12H,3,6,13-16H2,1-2H3. The van der Waals surface area contributed by atoms with Crippen molar-refractivity contribution in [2.75, 3.05) is 31.1 Å². The third kappa shape index (κ3) is 3.73. The quantitative estimate of drug-likeness (QED) is 0.659. The molecule has 1 aliphatic heterocycles. The molecule has 0 atom stereocenters. The second-order valence-corrected chi connectivity index (χ2v) is 7.72. The summed E-state index contributed by atoms with van der Waals surface area (Å²) in [5.41, 5.74) is 5.43. The van der Waals surface area contributed by atoms with Gasteiger partial charge in [-0.3, -0.25) is 9.78 Å². The maximum atomic E-state index is 13.6. The van der Waals surface area contributed by atoms with Gasteiger partial charge in [-0.2, -0.15) is 5.26 Å². The molecule has 3 aromatic rings. The zero-order valence-electron chi connectivity index (χ0n) is 17.6. The van der Waals surface area contributed by atoms with Crippen molar-refractivity contribution < 1.29 is 4.79 Å². The number of rotatable bonds is 3. The van der Waals surface area contributed by atoms with Gasteiger partial charge < -0.3 is 9.80 Å². The molecule has 2 heterocycles. The van der Waals surface area contributed by atoms with E-state index >= 15 is 0 Å². The minimum Gasteiger partial charge on any atom is -0.370 e. The van der Waals surface area contributed by atoms with Crippen LogP contribution in [0.3, 0.4) is 0 Å². The number of fused-ring (bicyclic) bond motifs is 1. The van der Waals surface area contributed by atoms with Crippen LogP contribution >= 0.6 is 0 Å². The zero-order valence-corrected chi connectivity index (χ0v) is 17.6. The Hall–Kier alpha value is -3.39. The second kappa shape index (κ2) is 8.54. The van der Waals surface area contributed by atoms with Crippen LogP contribution in [0.5, 0.6) is 0 Å². The first-order chi connectivity index (χ1) is 14.6. The molecular formula is C25H26N4O. The fourth-order valence-corrected chi connectivity index (χ4v) is 4.26. The first-order valence-electron chi connectivity index (χ1n) is 10.5. The molecule has 0 radical (unpaired) electrons. The molecule has 0 aliphatic carbocycles. The summed E-state index contributed by atoms with van der Waals surface area (Å²) in [5, 5.41) is 9.95. The van der Waals surface area contributed by atoms with Crippen molar-refractivity contribution in [3.63, 3.8) is 0 Å². The molecule has 0 N–H and O–H groups in total. The summed E-state index contributed by atoms with van der Waals surface area (Å²) in [6.45, 7) is 7.19. The highest BCUT2D eigenvalue weighted by Gasteiger charge is 2.24. The normalized spacial score (nSPS) is 14.4. The number of nitrogens with zero attached hydrogens (tertiary/aromatic N) is 4. The number of carbonyl (C=O) groups excluding carboxylic acids is 1. The molecule has 2 aromatic carbocycles. The van der Waals surface area contributed by atoms with Gasteiger partial charge in [-0.15, -0.1) is 0 Å². The number of amides is 1. The molecule has 1 aromatic heterocycles. The fourth-order valence-electron chi connectivity index (χ4n) is 4.26. The van der Waals surface area contributed by atoms with Gasteiger partial charge in [0.25, 0.3) is 5.91 Å². The third-order valence-corrected chi connectivity index (χ3v) is 5.93. The Morgan fingerprint density at radius 2 is 1.83 bits per heavy atom. The van der Waals surface area contributed by atoms with Gasteiger partial charge in [0.1, 0.15) is 0 Å². The van der Waals surface area contributed by atoms with Gasteiger partial charge in [-0.1, -0.05) is 25.1 Å². The summed E-state index contributed by atoms with van der Waals surface area (Å²) >= 11 is 0. The smallest absolute Gasteiger partial charge is 0.254 e. The van der Waals surface area contributed by atoms with Crippen LogP contribution in [0.25, 0.3) is 10.9 Å². The predicted molar refractivity (Wildman–Crippen MR) is 120 cm³/mol. The molecule has 0 unspecified atom stereocenters. The lowest BCUT2D eigenvalue weighted by atomic mass is 9.99. The van der Waals surface area contributed by atoms with E-state index in [1.54, 1.807) is 0 Å². The van der Waals surface area contributed by atoms with Gasteiger partial charge in [0.2, 0.25) is 0 Å². The van der Waals surface area contributed by atoms with E-state index in [-0.39, 0.29) is 5.91 Å². The molecule has 0 bridgehead atoms. The fraction of sp³-hybridized carbons (Fsp3) is 0.320. The van der Waals surface area contributed by atoms with Crippen molar-refractivity contribution in [3.8, 4) is 6.07 Å². The number of carbonyl (C=O) groups is 1. The molecule has 0 saturated carbocycles. The Morgan fingerprint density at radius 3 is 2.57 bits per heavy atom. The van der Waals surface area contributed by atoms with Crippen molar-refractivity contribution in [1.82, 2.24) is 9.88 Å². The van der Waals surface area contributed by atoms with E-state index in [1.165, 1.54) is 0 Å². The maximum Gasteiger partial charge on any atom is 0.254 e. The van der Waals surface area contributed by atoms with Crippen LogP contribution in [-0.4, -0.2) is 42.0 Å². The molecule has 30 heavy (non-hydrogen) atoms. The second-order valence-electron chi connectivity index (χ2n) is 7.72. The van der Waals surface area contributed by atoms with E-state index in [4.69, 9.17) is 10.2 Å². The highest BCUT2D eigenvalue weighted by Crippen LogP contribution is 2.26. The lowest BCUT2D eigenvalue weighted by Crippen LogP contribution is -2.36. The van der Waals surface area contributed by atoms with Crippen LogP contribution in [0.2, 0.25) is 0 Å². The van der Waals surface area contributed by atoms with E-state index in [0.717, 1.165) is 65.9 Å². The molecular weight excluding hydrogens is 372 g/mol. The van der Waals surface area contributed by atoms with Crippen LogP contribution in [0.15, 0.2) is 48.5 Å². The number of nitriles is 1. The Labute approximate surface area is 177 Å². The highest BCUT2D eigenvalue weighted by molar-refractivity contribution is 6.07. The van der Waals surface area contributed by atoms with Gasteiger partial charge in [-0.25, -0.2) is 0 Å². The lowest BCUT2D eigenvalue weighted by molar-refractivity contribution is 0.0768. The van der Waals surface area contributed by atoms with Crippen LogP contribution in [0.1, 0.15) is 40.5 Å². The van der Waals surface area contributed by atoms with E-state index in [1.807, 2.05) is 60.4 Å². The molecule has 152 valence electrons. The van der Waals surface area contributed by atoms with E-state index in [2.05, 4.69) is 17.9 Å². The highest BCUT2D eigenvalue weighted by atomic mass is 16.2. The van der Waals surface area contributed by atoms with Crippen molar-refractivity contribution >= 4 is 22.5 Å². The predicted octanol–water partition coefficient (Wildman–Crippen LogP) is 4.33. The summed E-state index contributed by atoms with van der Waals surface area (Å²) < 4.78 is 0. The number of aryl methyl sites for hydroxylation is 1. The zero-order chi connectivity index (χ0) is 21.1. The molecule has 4 rings (SSSR count). The average Bonchev–Trinajstić information content (AvgIpc) is 3.05. The monoisotopic (exact) mass is 398 g/mol. The molecule has 1 saturated heterocycles. The number of pyridine rings is 1. The Bertz CT molecular complexity index is 1110. The van der Waals surface area contributed by atoms with E-state index in [0.29, 0.717) is 12.1 Å². The van der Waals surface area contributed by atoms with E-state index < -0.39 is 0 Å². The van der Waals surface area contributed by atoms with Crippen LogP contribution < -0.4 is 4.90 Å². The van der Waals surface area contributed by atoms with E-state index in [9.17, 15) is 4.79 Å². The SMILES string of the molecule is CCc1nc2ccccc2c(C(=O)N2CCCN(c3ccc(C#N)cc3)CC2)c1C. The van der Waals surface area contributed by atoms with Gasteiger partial charge in [0.15, 0.2) is 0 Å². The molecule has 1 amide bonds. The Kier molecular flexibility index (Phi) is 5.67. The topological polar surface area (TPSA) is 60.2 Å². The molecule has 5 heteroatoms. The molecule has 5 nitrogen and oxygen atoms in total. The van der Waals surface area contributed by atoms with Crippen molar-refractivity contribution in [2.24, 2.45) is 0 Å². The maximum absolute atomic E-state index is 13.6. The summed E-state index contributed by atoms with van der Waals surface area (Å²) in [7, 11) is 0. The van der Waals surface area contributed by atoms with Gasteiger partial charge >= 0.3 is 0 Å². The summed E-state index contributed by atoms with van der Waals surface area (Å²) in [6, 6.07) is 17.8. The van der Waals surface area contributed by atoms with Gasteiger partial charge in [-0.05, 0) is 55.7 Å². The number of aromatic nitrogens is 1. The molecule has 1 fully saturated rings. The van der Waals surface area contributed by atoms with Crippen molar-refractivity contribution in [2.45, 2.75) is 26.7 Å². The van der Waals surface area contributed by atoms with Crippen molar-refractivity contribution in [1.29, 1.82) is 5.26 Å². The summed E-state index contributed by atoms with van der Waals surface area (Å²) in [5.74, 6) is 0.0995. The largest absolute Gasteiger partial charge is 0.370 e. The van der Waals surface area contributed by atoms with Gasteiger partial charge in [0, 0.05) is 42.9 Å². The number of hydrogen-bond donors (Lipinski definition) is 0. The Balaban J connectivity index is 1.60. The summed E-state index contributed by atoms with van der Waals surface area (Å²) in [4.78, 5) is 22.7. The van der Waals surface area contributed by atoms with Crippen molar-refractivity contribution in [3.05, 3.63) is 70.9 Å². The number of para-hydroxylation sites is 1. The third-order valence-electron chi connectivity index (χ3n) is 5.93. The minimum atomic E-state index is 0.0995. The molecule has 0 spiro atoms. The minimum absolute atomic E-state index is 0.0995. The van der Waals surface area contributed by atoms with Crippen LogP contribution in [0.4, 0.5) is 5.69 Å². The first kappa shape index (κ1) is 19.9. The number of hydrogen-bond acceptors (Lipinski definition) is 4. The number of anilines is 1. The lowest BCUT2D eigenvalue weighted by Gasteiger charge is -2.25. The Morgan fingerprint density at radius 1 is 1.07 bits per heavy atom. The van der Waals surface area contributed by atoms with Crippen LogP contribution in [0, 0.1) is 18.3 Å². The number of benzene rings is 2. The first-order valence-corrected chi connectivity index (χ1v) is 10.5.